The summed E-state index contributed by atoms with van der Waals surface area (Å²) in [5, 5.41) is 0. The fourth-order valence-corrected chi connectivity index (χ4v) is 1.86. The first kappa shape index (κ1) is 30.2. The standard InChI is InChI=1S/C14H10.5CO.Cr/c1-12(13-8-4-2-5-9-13)14-10-6-3-7-11-14;5*1-2;/h2-11H;;;;;;. The van der Waals surface area contributed by atoms with Gasteiger partial charge in [-0.3, -0.25) is 0 Å². The van der Waals surface area contributed by atoms with E-state index in [0.717, 1.165) is 5.57 Å². The van der Waals surface area contributed by atoms with Crippen molar-refractivity contribution in [3.05, 3.63) is 105 Å². The van der Waals surface area contributed by atoms with Gasteiger partial charge in [0.05, 0.1) is 0 Å². The first-order valence-electron chi connectivity index (χ1n) is 5.80. The molecule has 0 fully saturated rings. The fourth-order valence-electron chi connectivity index (χ4n) is 1.49. The zero-order valence-electron chi connectivity index (χ0n) is 12.7. The van der Waals surface area contributed by atoms with Gasteiger partial charge in [-0.05, 0) is 0 Å². The van der Waals surface area contributed by atoms with Gasteiger partial charge < -0.3 is 0 Å². The molecule has 0 aliphatic rings. The van der Waals surface area contributed by atoms with E-state index in [4.69, 9.17) is 23.3 Å². The van der Waals surface area contributed by atoms with Crippen molar-refractivity contribution in [2.75, 3.05) is 0 Å². The molecule has 0 heterocycles. The molecule has 0 saturated heterocycles. The maximum atomic E-state index is 7.50. The van der Waals surface area contributed by atoms with E-state index in [0.29, 0.717) is 0 Å². The molecule has 122 valence electrons. The average molecular weight is 370 g/mol. The van der Waals surface area contributed by atoms with Crippen LogP contribution in [0, 0.1) is 33.3 Å². The van der Waals surface area contributed by atoms with Crippen LogP contribution in [0.3, 0.4) is 0 Å². The molecule has 0 saturated carbocycles. The van der Waals surface area contributed by atoms with E-state index < -0.39 is 0 Å². The Labute approximate surface area is 154 Å². The third-order valence-electron chi connectivity index (χ3n) is 2.23. The van der Waals surface area contributed by atoms with E-state index in [-0.39, 0.29) is 0 Å². The second kappa shape index (κ2) is 29.3. The van der Waals surface area contributed by atoms with Gasteiger partial charge in [0.1, 0.15) is 0 Å². The van der Waals surface area contributed by atoms with Crippen LogP contribution < -0.4 is 0 Å². The van der Waals surface area contributed by atoms with E-state index in [2.05, 4.69) is 77.9 Å². The summed E-state index contributed by atoms with van der Waals surface area (Å²) in [6.45, 7) is 22.5. The summed E-state index contributed by atoms with van der Waals surface area (Å²) in [7, 11) is 0. The molecule has 0 N–H and O–H groups in total. The topological polar surface area (TPSA) is 99.5 Å². The van der Waals surface area contributed by atoms with Gasteiger partial charge in [-0.25, -0.2) is 0 Å². The summed E-state index contributed by atoms with van der Waals surface area (Å²) in [4.78, 5) is 0. The van der Waals surface area contributed by atoms with Gasteiger partial charge in [0, 0.05) is 0 Å². The molecule has 2 rings (SSSR count). The molecule has 0 amide bonds. The SMILES string of the molecule is [C-]#[O+].[C-]#[O+].[C-]#[O+].[C-]#[O+].[C-]#[O+].[Cr]=[C]=C(c1ccccc1)c1ccccc1. The Bertz CT molecular complexity index is 615. The molecular formula is C19H10CrO5. The third kappa shape index (κ3) is 14.6. The molecule has 0 unspecified atom stereocenters. The van der Waals surface area contributed by atoms with Crippen LogP contribution in [0.2, 0.25) is 0 Å². The van der Waals surface area contributed by atoms with Gasteiger partial charge in [-0.1, -0.05) is 0 Å². The molecule has 5 nitrogen and oxygen atoms in total. The van der Waals surface area contributed by atoms with Gasteiger partial charge in [0.15, 0.2) is 0 Å². The first-order chi connectivity index (χ1) is 12.4. The molecule has 0 aliphatic heterocycles. The van der Waals surface area contributed by atoms with E-state index in [1.807, 2.05) is 36.4 Å². The van der Waals surface area contributed by atoms with Crippen molar-refractivity contribution in [3.8, 4) is 0 Å². The van der Waals surface area contributed by atoms with Crippen LogP contribution in [0.1, 0.15) is 11.1 Å². The number of benzene rings is 2. The quantitative estimate of drug-likeness (QED) is 0.574. The van der Waals surface area contributed by atoms with Crippen LogP contribution in [0.5, 0.6) is 0 Å². The van der Waals surface area contributed by atoms with Crippen molar-refractivity contribution < 1.29 is 39.1 Å². The summed E-state index contributed by atoms with van der Waals surface area (Å²) in [5.74, 6) is 0. The Kier molecular flexibility index (Phi) is 35.5. The number of hydrogen-bond donors (Lipinski definition) is 0. The van der Waals surface area contributed by atoms with Gasteiger partial charge >= 0.3 is 154 Å². The number of rotatable bonds is 2. The first-order valence-corrected chi connectivity index (χ1v) is 6.43. The zero-order valence-corrected chi connectivity index (χ0v) is 14.0. The van der Waals surface area contributed by atoms with Crippen molar-refractivity contribution in [2.45, 2.75) is 0 Å². The van der Waals surface area contributed by atoms with Gasteiger partial charge in [-0.2, -0.15) is 0 Å². The van der Waals surface area contributed by atoms with Crippen LogP contribution in [0.25, 0.3) is 5.57 Å². The Morgan fingerprint density at radius 2 is 0.800 bits per heavy atom. The molecule has 0 spiro atoms. The monoisotopic (exact) mass is 370 g/mol. The summed E-state index contributed by atoms with van der Waals surface area (Å²) >= 11 is 2.85. The minimum absolute atomic E-state index is 1.11. The van der Waals surface area contributed by atoms with E-state index >= 15 is 0 Å². The Balaban J connectivity index is -0.000000191. The Morgan fingerprint density at radius 1 is 0.560 bits per heavy atom. The van der Waals surface area contributed by atoms with Crippen molar-refractivity contribution in [3.63, 3.8) is 0 Å². The molecule has 0 aliphatic carbocycles. The van der Waals surface area contributed by atoms with Crippen LogP contribution in [0.15, 0.2) is 60.7 Å². The summed E-state index contributed by atoms with van der Waals surface area (Å²) < 4.78 is 40.6. The molecule has 0 atom stereocenters. The molecule has 6 heteroatoms. The molecule has 2 aromatic rings. The van der Waals surface area contributed by atoms with Crippen LogP contribution in [-0.4, -0.2) is 4.54 Å². The summed E-state index contributed by atoms with van der Waals surface area (Å²) in [6, 6.07) is 20.5. The van der Waals surface area contributed by atoms with Gasteiger partial charge in [0.25, 0.3) is 0 Å². The molecule has 25 heavy (non-hydrogen) atoms. The van der Waals surface area contributed by atoms with Crippen molar-refractivity contribution in [1.29, 1.82) is 0 Å². The predicted octanol–water partition coefficient (Wildman–Crippen LogP) is 2.88. The van der Waals surface area contributed by atoms with Crippen molar-refractivity contribution in [1.82, 2.24) is 0 Å². The maximum absolute atomic E-state index is 7.50. The second-order valence-electron chi connectivity index (χ2n) is 3.21. The van der Waals surface area contributed by atoms with E-state index in [9.17, 15) is 0 Å². The summed E-state index contributed by atoms with van der Waals surface area (Å²) in [6.07, 6.45) is 0. The number of hydrogen-bond acceptors (Lipinski definition) is 0. The van der Waals surface area contributed by atoms with E-state index in [1.54, 1.807) is 0 Å². The Morgan fingerprint density at radius 3 is 1.00 bits per heavy atom. The molecule has 0 bridgehead atoms. The van der Waals surface area contributed by atoms with Gasteiger partial charge in [0.2, 0.25) is 0 Å². The van der Waals surface area contributed by atoms with Crippen LogP contribution >= 0.6 is 0 Å². The average Bonchev–Trinajstić information content (AvgIpc) is 2.77. The summed E-state index contributed by atoms with van der Waals surface area (Å²) in [5.41, 5.74) is 3.47. The van der Waals surface area contributed by atoms with Crippen molar-refractivity contribution >= 4 is 10.1 Å². The minimum atomic E-state index is 1.11. The molecule has 2 aromatic carbocycles. The van der Waals surface area contributed by atoms with Crippen LogP contribution in [0.4, 0.5) is 0 Å². The van der Waals surface area contributed by atoms with E-state index in [1.165, 1.54) is 11.1 Å². The normalized spacial score (nSPS) is 6.00. The third-order valence-corrected chi connectivity index (χ3v) is 2.55. The molecular weight excluding hydrogens is 360 g/mol. The Hall–Kier alpha value is -2.68. The predicted molar refractivity (Wildman–Crippen MR) is 80.0 cm³/mol. The fraction of sp³-hybridized carbons (Fsp3) is 0. The van der Waals surface area contributed by atoms with Crippen LogP contribution in [-0.2, 0) is 39.1 Å². The molecule has 0 aromatic heterocycles. The van der Waals surface area contributed by atoms with Crippen molar-refractivity contribution in [2.24, 2.45) is 0 Å². The zero-order chi connectivity index (χ0) is 20.5. The van der Waals surface area contributed by atoms with Gasteiger partial charge in [-0.15, -0.1) is 0 Å². The molecule has 0 radical (unpaired) electrons. The second-order valence-corrected chi connectivity index (χ2v) is 3.53.